The van der Waals surface area contributed by atoms with Gasteiger partial charge in [-0.3, -0.25) is 19.2 Å². The number of hydrogen-bond acceptors (Lipinski definition) is 7. The Labute approximate surface area is 292 Å². The third-order valence-electron chi connectivity index (χ3n) is 11.3. The lowest BCUT2D eigenvalue weighted by Gasteiger charge is -2.37. The first-order chi connectivity index (χ1) is 22.6. The van der Waals surface area contributed by atoms with E-state index in [4.69, 9.17) is 19.3 Å². The molecule has 9 unspecified atom stereocenters. The Morgan fingerprint density at radius 1 is 0.500 bits per heavy atom. The minimum Gasteiger partial charge on any atom is -0.481 e. The normalized spacial score (nSPS) is 30.7. The fraction of sp³-hybridized carbons (Fsp3) is 0.900. The van der Waals surface area contributed by atoms with Crippen LogP contribution in [0.5, 0.6) is 0 Å². The predicted molar refractivity (Wildman–Crippen MR) is 189 cm³/mol. The van der Waals surface area contributed by atoms with Gasteiger partial charge < -0.3 is 19.3 Å². The van der Waals surface area contributed by atoms with Crippen LogP contribution in [0.15, 0.2) is 0 Å². The van der Waals surface area contributed by atoms with Gasteiger partial charge in [-0.2, -0.15) is 0 Å². The van der Waals surface area contributed by atoms with Gasteiger partial charge in [0.1, 0.15) is 18.3 Å². The topological polar surface area (TPSA) is 116 Å². The maximum absolute atomic E-state index is 12.4. The average molecular weight is 679 g/mol. The Morgan fingerprint density at radius 2 is 0.771 bits per heavy atom. The molecular formula is C40H70O8. The van der Waals surface area contributed by atoms with E-state index in [9.17, 15) is 19.2 Å². The van der Waals surface area contributed by atoms with Crippen LogP contribution in [0.3, 0.4) is 0 Å². The van der Waals surface area contributed by atoms with Crippen LogP contribution < -0.4 is 0 Å². The SMILES string of the molecule is CC1CCC(C(C)C)C(OC(=O)CCCC(=O)O)C1.CC1CCC(C(C)C)C(OC(=O)CCCC(=O)OC2CC(C)CCC2C(C)C)C1. The second kappa shape index (κ2) is 21.2. The van der Waals surface area contributed by atoms with Crippen molar-refractivity contribution in [3.63, 3.8) is 0 Å². The molecule has 0 spiro atoms. The van der Waals surface area contributed by atoms with Gasteiger partial charge in [-0.25, -0.2) is 0 Å². The van der Waals surface area contributed by atoms with Crippen LogP contribution in [-0.4, -0.2) is 47.3 Å². The summed E-state index contributed by atoms with van der Waals surface area (Å²) < 4.78 is 17.3. The van der Waals surface area contributed by atoms with Gasteiger partial charge in [0.2, 0.25) is 0 Å². The van der Waals surface area contributed by atoms with Crippen molar-refractivity contribution >= 4 is 23.9 Å². The summed E-state index contributed by atoms with van der Waals surface area (Å²) in [4.78, 5) is 46.9. The molecule has 0 heterocycles. The second-order valence-electron chi connectivity index (χ2n) is 16.7. The van der Waals surface area contributed by atoms with E-state index in [1.807, 2.05) is 0 Å². The second-order valence-corrected chi connectivity index (χ2v) is 16.7. The number of esters is 3. The lowest BCUT2D eigenvalue weighted by Crippen LogP contribution is -2.36. The van der Waals surface area contributed by atoms with E-state index >= 15 is 0 Å². The highest BCUT2D eigenvalue weighted by Crippen LogP contribution is 2.38. The van der Waals surface area contributed by atoms with E-state index in [1.54, 1.807) is 0 Å². The van der Waals surface area contributed by atoms with Crippen molar-refractivity contribution < 1.29 is 38.5 Å². The molecule has 3 fully saturated rings. The van der Waals surface area contributed by atoms with Crippen LogP contribution in [0, 0.1) is 53.3 Å². The third kappa shape index (κ3) is 15.2. The average Bonchev–Trinajstić information content (AvgIpc) is 2.97. The molecule has 8 heteroatoms. The summed E-state index contributed by atoms with van der Waals surface area (Å²) in [5, 5.41) is 8.55. The van der Waals surface area contributed by atoms with Crippen molar-refractivity contribution in [1.29, 1.82) is 0 Å². The highest BCUT2D eigenvalue weighted by atomic mass is 16.6. The molecule has 48 heavy (non-hydrogen) atoms. The van der Waals surface area contributed by atoms with Crippen molar-refractivity contribution in [3.8, 4) is 0 Å². The molecule has 8 nitrogen and oxygen atoms in total. The van der Waals surface area contributed by atoms with Crippen LogP contribution in [-0.2, 0) is 33.4 Å². The molecule has 3 saturated carbocycles. The maximum Gasteiger partial charge on any atom is 0.306 e. The van der Waals surface area contributed by atoms with Gasteiger partial charge >= 0.3 is 23.9 Å². The summed E-state index contributed by atoms with van der Waals surface area (Å²) in [6.45, 7) is 19.9. The smallest absolute Gasteiger partial charge is 0.306 e. The Morgan fingerprint density at radius 3 is 1.02 bits per heavy atom. The molecule has 278 valence electrons. The van der Waals surface area contributed by atoms with Crippen molar-refractivity contribution in [2.75, 3.05) is 0 Å². The summed E-state index contributed by atoms with van der Waals surface area (Å²) in [7, 11) is 0. The van der Waals surface area contributed by atoms with Crippen molar-refractivity contribution in [3.05, 3.63) is 0 Å². The summed E-state index contributed by atoms with van der Waals surface area (Å²) in [6.07, 6.45) is 11.7. The number of carboxylic acids is 1. The molecule has 3 aliphatic rings. The fourth-order valence-corrected chi connectivity index (χ4v) is 8.19. The number of hydrogen-bond donors (Lipinski definition) is 1. The maximum atomic E-state index is 12.4. The minimum absolute atomic E-state index is 0.0149. The molecule has 0 radical (unpaired) electrons. The zero-order chi connectivity index (χ0) is 36.0. The summed E-state index contributed by atoms with van der Waals surface area (Å²) >= 11 is 0. The Hall–Kier alpha value is -2.12. The van der Waals surface area contributed by atoms with E-state index in [0.29, 0.717) is 78.9 Å². The van der Waals surface area contributed by atoms with Crippen LogP contribution in [0.2, 0.25) is 0 Å². The molecule has 0 aromatic carbocycles. The first-order valence-electron chi connectivity index (χ1n) is 19.4. The number of carboxylic acid groups (broad SMARTS) is 1. The van der Waals surface area contributed by atoms with E-state index in [2.05, 4.69) is 62.3 Å². The van der Waals surface area contributed by atoms with Crippen LogP contribution in [0.4, 0.5) is 0 Å². The quantitative estimate of drug-likeness (QED) is 0.143. The Bertz CT molecular complexity index is 944. The molecule has 0 aromatic rings. The van der Waals surface area contributed by atoms with Crippen LogP contribution >= 0.6 is 0 Å². The number of aliphatic carboxylic acids is 1. The molecule has 0 bridgehead atoms. The number of rotatable bonds is 14. The monoisotopic (exact) mass is 679 g/mol. The Balaban J connectivity index is 0.000000365. The molecule has 0 aromatic heterocycles. The molecule has 0 amide bonds. The third-order valence-corrected chi connectivity index (χ3v) is 11.3. The number of carbonyl (C=O) groups is 4. The fourth-order valence-electron chi connectivity index (χ4n) is 8.19. The summed E-state index contributed by atoms with van der Waals surface area (Å²) in [6, 6.07) is 0. The van der Waals surface area contributed by atoms with E-state index < -0.39 is 5.97 Å². The van der Waals surface area contributed by atoms with Crippen molar-refractivity contribution in [1.82, 2.24) is 0 Å². The van der Waals surface area contributed by atoms with Crippen molar-refractivity contribution in [2.24, 2.45) is 53.3 Å². The zero-order valence-electron chi connectivity index (χ0n) is 31.8. The first kappa shape index (κ1) is 42.0. The van der Waals surface area contributed by atoms with E-state index in [-0.39, 0.29) is 49.1 Å². The number of carbonyl (C=O) groups excluding carboxylic acids is 3. The molecule has 0 aliphatic heterocycles. The van der Waals surface area contributed by atoms with Crippen molar-refractivity contribution in [2.45, 2.75) is 177 Å². The molecular weight excluding hydrogens is 608 g/mol. The summed E-state index contributed by atoms with van der Waals surface area (Å²) in [5.74, 6) is 3.35. The van der Waals surface area contributed by atoms with Gasteiger partial charge in [0, 0.05) is 25.7 Å². The van der Waals surface area contributed by atoms with Crippen LogP contribution in [0.25, 0.3) is 0 Å². The summed E-state index contributed by atoms with van der Waals surface area (Å²) in [5.41, 5.74) is 0. The van der Waals surface area contributed by atoms with E-state index in [1.165, 1.54) is 19.3 Å². The lowest BCUT2D eigenvalue weighted by molar-refractivity contribution is -0.158. The van der Waals surface area contributed by atoms with Gasteiger partial charge in [0.25, 0.3) is 0 Å². The lowest BCUT2D eigenvalue weighted by atomic mass is 9.75. The van der Waals surface area contributed by atoms with Gasteiger partial charge in [0.15, 0.2) is 0 Å². The van der Waals surface area contributed by atoms with Gasteiger partial charge in [-0.05, 0) is 105 Å². The molecule has 3 aliphatic carbocycles. The Kier molecular flexibility index (Phi) is 18.6. The molecule has 9 atom stereocenters. The predicted octanol–water partition coefficient (Wildman–Crippen LogP) is 9.41. The van der Waals surface area contributed by atoms with Crippen LogP contribution in [0.1, 0.15) is 159 Å². The zero-order valence-corrected chi connectivity index (χ0v) is 31.8. The molecule has 1 N–H and O–H groups in total. The standard InChI is InChI=1S/C25H44O4.C15H26O4/c1-16(2)20-12-10-18(5)14-22(20)28-24(26)8-7-9-25(27)29-23-15-19(6)11-13-21(23)17(3)4;1-10(2)12-8-7-11(3)9-13(12)19-15(18)6-4-5-14(16)17/h16-23H,7-15H2,1-6H3;10-13H,4-9H2,1-3H3,(H,16,17). The van der Waals surface area contributed by atoms with Gasteiger partial charge in [-0.15, -0.1) is 0 Å². The van der Waals surface area contributed by atoms with E-state index in [0.717, 1.165) is 38.5 Å². The minimum atomic E-state index is -0.862. The van der Waals surface area contributed by atoms with Gasteiger partial charge in [-0.1, -0.05) is 81.6 Å². The molecule has 3 rings (SSSR count). The molecule has 0 saturated heterocycles. The van der Waals surface area contributed by atoms with Gasteiger partial charge in [0.05, 0.1) is 0 Å². The highest BCUT2D eigenvalue weighted by molar-refractivity contribution is 5.73. The highest BCUT2D eigenvalue weighted by Gasteiger charge is 2.35. The number of ether oxygens (including phenoxy) is 3. The first-order valence-corrected chi connectivity index (χ1v) is 19.4. The largest absolute Gasteiger partial charge is 0.481 e.